The summed E-state index contributed by atoms with van der Waals surface area (Å²) >= 11 is 1.52. The summed E-state index contributed by atoms with van der Waals surface area (Å²) in [7, 11) is 0. The molecule has 1 amide bonds. The van der Waals surface area contributed by atoms with Crippen LogP contribution < -0.4 is 0 Å². The van der Waals surface area contributed by atoms with Crippen molar-refractivity contribution in [3.8, 4) is 0 Å². The summed E-state index contributed by atoms with van der Waals surface area (Å²) in [6, 6.07) is 8.45. The van der Waals surface area contributed by atoms with Crippen LogP contribution in [0.4, 0.5) is 0 Å². The SMILES string of the molecule is CC(C)(C)c1ccc(C=C2SC(N3CCCCC3)=NC2=O)cc1. The van der Waals surface area contributed by atoms with Crippen LogP contribution in [-0.4, -0.2) is 29.1 Å². The summed E-state index contributed by atoms with van der Waals surface area (Å²) < 4.78 is 0. The zero-order valence-corrected chi connectivity index (χ0v) is 14.9. The summed E-state index contributed by atoms with van der Waals surface area (Å²) in [5.41, 5.74) is 2.51. The molecule has 0 atom stereocenters. The third-order valence-corrected chi connectivity index (χ3v) is 5.35. The van der Waals surface area contributed by atoms with Crippen LogP contribution in [-0.2, 0) is 10.2 Å². The second-order valence-electron chi connectivity index (χ2n) is 7.23. The van der Waals surface area contributed by atoms with E-state index in [1.54, 1.807) is 0 Å². The number of nitrogens with zero attached hydrogens (tertiary/aromatic N) is 2. The largest absolute Gasteiger partial charge is 0.351 e. The molecule has 0 bridgehead atoms. The molecule has 1 saturated heterocycles. The Balaban J connectivity index is 1.72. The van der Waals surface area contributed by atoms with E-state index in [1.807, 2.05) is 6.08 Å². The topological polar surface area (TPSA) is 32.7 Å². The highest BCUT2D eigenvalue weighted by atomic mass is 32.2. The van der Waals surface area contributed by atoms with Crippen molar-refractivity contribution in [3.63, 3.8) is 0 Å². The van der Waals surface area contributed by atoms with Gasteiger partial charge in [-0.2, -0.15) is 4.99 Å². The minimum Gasteiger partial charge on any atom is -0.351 e. The predicted octanol–water partition coefficient (Wildman–Crippen LogP) is 4.44. The number of likely N-dealkylation sites (tertiary alicyclic amines) is 1. The first-order chi connectivity index (χ1) is 10.9. The van der Waals surface area contributed by atoms with Gasteiger partial charge >= 0.3 is 0 Å². The maximum absolute atomic E-state index is 12.2. The number of thioether (sulfide) groups is 1. The van der Waals surface area contributed by atoms with Crippen molar-refractivity contribution >= 4 is 28.9 Å². The molecule has 0 saturated carbocycles. The molecular formula is C19H24N2OS. The van der Waals surface area contributed by atoms with E-state index in [9.17, 15) is 4.79 Å². The van der Waals surface area contributed by atoms with Gasteiger partial charge in [0.1, 0.15) is 0 Å². The number of aliphatic imine (C=N–C) groups is 1. The van der Waals surface area contributed by atoms with Gasteiger partial charge in [-0.3, -0.25) is 4.79 Å². The molecule has 4 heteroatoms. The first-order valence-corrected chi connectivity index (χ1v) is 9.13. The van der Waals surface area contributed by atoms with E-state index >= 15 is 0 Å². The number of benzene rings is 1. The Labute approximate surface area is 142 Å². The molecule has 2 heterocycles. The van der Waals surface area contributed by atoms with Crippen LogP contribution in [0.25, 0.3) is 6.08 Å². The number of hydrogen-bond donors (Lipinski definition) is 0. The van der Waals surface area contributed by atoms with Crippen LogP contribution in [0.15, 0.2) is 34.2 Å². The van der Waals surface area contributed by atoms with Gasteiger partial charge in [-0.05, 0) is 53.6 Å². The van der Waals surface area contributed by atoms with Gasteiger partial charge in [-0.1, -0.05) is 45.0 Å². The van der Waals surface area contributed by atoms with E-state index in [-0.39, 0.29) is 11.3 Å². The van der Waals surface area contributed by atoms with Crippen LogP contribution in [0, 0.1) is 0 Å². The van der Waals surface area contributed by atoms with Gasteiger partial charge in [0.15, 0.2) is 5.17 Å². The summed E-state index contributed by atoms with van der Waals surface area (Å²) in [6.45, 7) is 8.65. The zero-order valence-electron chi connectivity index (χ0n) is 14.1. The second kappa shape index (κ2) is 6.52. The van der Waals surface area contributed by atoms with E-state index in [2.05, 4.69) is 54.9 Å². The lowest BCUT2D eigenvalue weighted by atomic mass is 9.87. The number of hydrogen-bond acceptors (Lipinski definition) is 3. The quantitative estimate of drug-likeness (QED) is 0.714. The third-order valence-electron chi connectivity index (χ3n) is 4.31. The van der Waals surface area contributed by atoms with Crippen molar-refractivity contribution in [1.82, 2.24) is 4.90 Å². The number of amides is 1. The molecule has 1 aromatic rings. The number of carbonyl (C=O) groups excluding carboxylic acids is 1. The monoisotopic (exact) mass is 328 g/mol. The number of rotatable bonds is 1. The lowest BCUT2D eigenvalue weighted by Gasteiger charge is -2.27. The van der Waals surface area contributed by atoms with Crippen molar-refractivity contribution in [3.05, 3.63) is 40.3 Å². The molecular weight excluding hydrogens is 304 g/mol. The Morgan fingerprint density at radius 1 is 1.09 bits per heavy atom. The van der Waals surface area contributed by atoms with Crippen LogP contribution in [0.1, 0.15) is 51.2 Å². The van der Waals surface area contributed by atoms with Crippen molar-refractivity contribution in [2.24, 2.45) is 4.99 Å². The first kappa shape index (κ1) is 16.3. The molecule has 1 fully saturated rings. The smallest absolute Gasteiger partial charge is 0.286 e. The number of amidine groups is 1. The Morgan fingerprint density at radius 3 is 2.35 bits per heavy atom. The highest BCUT2D eigenvalue weighted by Gasteiger charge is 2.26. The van der Waals surface area contributed by atoms with Crippen LogP contribution in [0.5, 0.6) is 0 Å². The molecule has 23 heavy (non-hydrogen) atoms. The average Bonchev–Trinajstić information content (AvgIpc) is 2.89. The average molecular weight is 328 g/mol. The van der Waals surface area contributed by atoms with Crippen molar-refractivity contribution in [2.45, 2.75) is 45.4 Å². The molecule has 0 N–H and O–H groups in total. The summed E-state index contributed by atoms with van der Waals surface area (Å²) in [5.74, 6) is -0.101. The Kier molecular flexibility index (Phi) is 4.62. The van der Waals surface area contributed by atoms with E-state index in [0.29, 0.717) is 0 Å². The van der Waals surface area contributed by atoms with Gasteiger partial charge in [0.2, 0.25) is 0 Å². The standard InChI is InChI=1S/C19H24N2OS/c1-19(2,3)15-9-7-14(8-10-15)13-16-17(22)20-18(23-16)21-11-5-4-6-12-21/h7-10,13H,4-6,11-12H2,1-3H3. The third kappa shape index (κ3) is 3.86. The number of piperidine rings is 1. The Bertz CT molecular complexity index is 647. The van der Waals surface area contributed by atoms with Gasteiger partial charge in [-0.15, -0.1) is 0 Å². The maximum atomic E-state index is 12.2. The zero-order chi connectivity index (χ0) is 16.4. The molecule has 3 rings (SSSR count). The van der Waals surface area contributed by atoms with Gasteiger partial charge in [0.05, 0.1) is 4.91 Å². The lowest BCUT2D eigenvalue weighted by molar-refractivity contribution is -0.113. The molecule has 0 unspecified atom stereocenters. The second-order valence-corrected chi connectivity index (χ2v) is 8.24. The van der Waals surface area contributed by atoms with Gasteiger partial charge in [0, 0.05) is 13.1 Å². The highest BCUT2D eigenvalue weighted by Crippen LogP contribution is 2.32. The molecule has 1 aromatic carbocycles. The molecule has 2 aliphatic heterocycles. The normalized spacial score (nSPS) is 21.0. The molecule has 3 nitrogen and oxygen atoms in total. The highest BCUT2D eigenvalue weighted by molar-refractivity contribution is 8.18. The maximum Gasteiger partial charge on any atom is 0.286 e. The van der Waals surface area contributed by atoms with E-state index in [4.69, 9.17) is 0 Å². The van der Waals surface area contributed by atoms with Crippen molar-refractivity contribution in [2.75, 3.05) is 13.1 Å². The molecule has 2 aliphatic rings. The van der Waals surface area contributed by atoms with Gasteiger partial charge in [-0.25, -0.2) is 0 Å². The predicted molar refractivity (Wildman–Crippen MR) is 98.6 cm³/mol. The minimum absolute atomic E-state index is 0.101. The fourth-order valence-electron chi connectivity index (χ4n) is 2.85. The molecule has 0 spiro atoms. The van der Waals surface area contributed by atoms with Crippen molar-refractivity contribution < 1.29 is 4.79 Å². The fourth-order valence-corrected chi connectivity index (χ4v) is 3.81. The van der Waals surface area contributed by atoms with Crippen LogP contribution in [0.3, 0.4) is 0 Å². The fraction of sp³-hybridized carbons (Fsp3) is 0.474. The van der Waals surface area contributed by atoms with Crippen LogP contribution in [0.2, 0.25) is 0 Å². The first-order valence-electron chi connectivity index (χ1n) is 8.31. The van der Waals surface area contributed by atoms with E-state index in [1.165, 1.54) is 36.6 Å². The van der Waals surface area contributed by atoms with Crippen molar-refractivity contribution in [1.29, 1.82) is 0 Å². The van der Waals surface area contributed by atoms with Crippen LogP contribution >= 0.6 is 11.8 Å². The van der Waals surface area contributed by atoms with E-state index < -0.39 is 0 Å². The Hall–Kier alpha value is -1.55. The molecule has 0 aliphatic carbocycles. The molecule has 122 valence electrons. The number of carbonyl (C=O) groups is 1. The Morgan fingerprint density at radius 2 is 1.74 bits per heavy atom. The lowest BCUT2D eigenvalue weighted by Crippen LogP contribution is -2.33. The van der Waals surface area contributed by atoms with E-state index in [0.717, 1.165) is 28.7 Å². The van der Waals surface area contributed by atoms with Gasteiger partial charge in [0.25, 0.3) is 5.91 Å². The summed E-state index contributed by atoms with van der Waals surface area (Å²) in [6.07, 6.45) is 5.63. The molecule has 0 aromatic heterocycles. The summed E-state index contributed by atoms with van der Waals surface area (Å²) in [5, 5.41) is 0.882. The molecule has 0 radical (unpaired) electrons. The van der Waals surface area contributed by atoms with Gasteiger partial charge < -0.3 is 4.90 Å². The minimum atomic E-state index is -0.101. The summed E-state index contributed by atoms with van der Waals surface area (Å²) in [4.78, 5) is 19.4.